The van der Waals surface area contributed by atoms with E-state index in [9.17, 15) is 0 Å². The van der Waals surface area contributed by atoms with Crippen molar-refractivity contribution in [1.29, 1.82) is 0 Å². The van der Waals surface area contributed by atoms with Crippen molar-refractivity contribution in [3.05, 3.63) is 243 Å². The number of fused-ring (bicyclic) bond motifs is 9. The number of rotatable bonds is 7. The number of thiophene rings is 1. The Bertz CT molecular complexity index is 3800. The van der Waals surface area contributed by atoms with Gasteiger partial charge in [-0.2, -0.15) is 0 Å². The van der Waals surface area contributed by atoms with Crippen LogP contribution in [0, 0.1) is 0 Å². The fourth-order valence-electron chi connectivity index (χ4n) is 10.9. The molecule has 0 aliphatic carbocycles. The average Bonchev–Trinajstić information content (AvgIpc) is 4.04. The topological polar surface area (TPSA) is 9.86 Å². The van der Waals surface area contributed by atoms with E-state index in [1.807, 2.05) is 11.3 Å². The van der Waals surface area contributed by atoms with E-state index in [0.29, 0.717) is 0 Å². The molecule has 0 unspecified atom stereocenters. The molecule has 2 nitrogen and oxygen atoms in total. The highest BCUT2D eigenvalue weighted by Crippen LogP contribution is 2.46. The minimum Gasteiger partial charge on any atom is -0.309 e. The van der Waals surface area contributed by atoms with Gasteiger partial charge in [-0.3, -0.25) is 0 Å². The first kappa shape index (κ1) is 36.9. The molecule has 0 amide bonds. The first-order valence-electron chi connectivity index (χ1n) is 22.0. The van der Waals surface area contributed by atoms with Crippen LogP contribution in [-0.2, 0) is 0 Å². The van der Waals surface area contributed by atoms with E-state index in [-0.39, 0.29) is 0 Å². The minimum atomic E-state index is -2.78. The smallest absolute Gasteiger partial charge is 0.179 e. The lowest BCUT2D eigenvalue weighted by Crippen LogP contribution is -2.74. The third-order valence-corrected chi connectivity index (χ3v) is 19.5. The average molecular weight is 849 g/mol. The first-order chi connectivity index (χ1) is 31.8. The third-order valence-electron chi connectivity index (χ3n) is 13.5. The SMILES string of the molecule is c1ccc([Si](c2ccccc2)(c2ccccc2)c2cccc(-n3c4ccccc4c4c(-n5c6ccccc6c6cccc(-c7cccc8c7sc7ccccc78)c65)cccc43)c2)cc1. The van der Waals surface area contributed by atoms with Crippen LogP contribution in [0.15, 0.2) is 243 Å². The second-order valence-corrected chi connectivity index (χ2v) is 21.6. The van der Waals surface area contributed by atoms with Crippen molar-refractivity contribution in [3.63, 3.8) is 0 Å². The second-order valence-electron chi connectivity index (χ2n) is 16.8. The van der Waals surface area contributed by atoms with Gasteiger partial charge in [0.05, 0.1) is 27.8 Å². The fraction of sp³-hybridized carbons (Fsp3) is 0. The van der Waals surface area contributed by atoms with E-state index in [0.717, 1.165) is 5.69 Å². The molecule has 0 saturated carbocycles. The van der Waals surface area contributed by atoms with Crippen molar-refractivity contribution in [2.75, 3.05) is 0 Å². The quantitative estimate of drug-likeness (QED) is 0.112. The second kappa shape index (κ2) is 14.7. The molecule has 10 aromatic carbocycles. The van der Waals surface area contributed by atoms with Gasteiger partial charge in [-0.1, -0.05) is 200 Å². The van der Waals surface area contributed by atoms with Crippen LogP contribution in [0.4, 0.5) is 0 Å². The summed E-state index contributed by atoms with van der Waals surface area (Å²) in [6.07, 6.45) is 0. The van der Waals surface area contributed by atoms with E-state index in [4.69, 9.17) is 0 Å². The molecule has 0 N–H and O–H groups in total. The summed E-state index contributed by atoms with van der Waals surface area (Å²) in [5.74, 6) is 0. The number of hydrogen-bond donors (Lipinski definition) is 0. The van der Waals surface area contributed by atoms with Gasteiger partial charge in [-0.05, 0) is 63.2 Å². The summed E-state index contributed by atoms with van der Waals surface area (Å²) >= 11 is 1.89. The zero-order chi connectivity index (χ0) is 42.2. The van der Waals surface area contributed by atoms with Crippen LogP contribution in [0.25, 0.3) is 86.3 Å². The van der Waals surface area contributed by atoms with E-state index < -0.39 is 8.07 Å². The molecule has 3 heterocycles. The number of benzene rings is 10. The molecule has 13 rings (SSSR count). The van der Waals surface area contributed by atoms with E-state index in [1.54, 1.807) is 0 Å². The molecule has 300 valence electrons. The van der Waals surface area contributed by atoms with E-state index in [1.165, 1.54) is 101 Å². The van der Waals surface area contributed by atoms with Gasteiger partial charge in [-0.25, -0.2) is 0 Å². The minimum absolute atomic E-state index is 1.15. The van der Waals surface area contributed by atoms with Crippen molar-refractivity contribution in [3.8, 4) is 22.5 Å². The summed E-state index contributed by atoms with van der Waals surface area (Å²) < 4.78 is 7.70. The molecule has 0 saturated heterocycles. The maximum absolute atomic E-state index is 2.78. The molecule has 64 heavy (non-hydrogen) atoms. The molecule has 0 radical (unpaired) electrons. The Morgan fingerprint density at radius 2 is 0.828 bits per heavy atom. The van der Waals surface area contributed by atoms with Gasteiger partial charge in [0.25, 0.3) is 0 Å². The number of para-hydroxylation sites is 3. The Morgan fingerprint density at radius 3 is 1.53 bits per heavy atom. The molecule has 0 atom stereocenters. The predicted molar refractivity (Wildman–Crippen MR) is 277 cm³/mol. The molecule has 0 aliphatic rings. The molecule has 0 bridgehead atoms. The van der Waals surface area contributed by atoms with Crippen molar-refractivity contribution in [2.24, 2.45) is 0 Å². The molecule has 13 aromatic rings. The number of nitrogens with zero attached hydrogens (tertiary/aromatic N) is 2. The fourth-order valence-corrected chi connectivity index (χ4v) is 16.9. The molecule has 0 spiro atoms. The van der Waals surface area contributed by atoms with Crippen LogP contribution in [0.3, 0.4) is 0 Å². The molecule has 0 aliphatic heterocycles. The summed E-state index contributed by atoms with van der Waals surface area (Å²) in [6.45, 7) is 0. The summed E-state index contributed by atoms with van der Waals surface area (Å²) in [5.41, 5.74) is 9.62. The lowest BCUT2D eigenvalue weighted by molar-refractivity contribution is 1.17. The summed E-state index contributed by atoms with van der Waals surface area (Å²) in [6, 6.07) is 90.4. The Kier molecular flexibility index (Phi) is 8.45. The Labute approximate surface area is 376 Å². The standard InChI is InChI=1S/C60H40N2SSi/c1-4-21-42(22-5-1)64(43-23-6-2-7-24-43,44-25-8-3-9-26-44)45-27-16-20-41(40-45)61-54-36-14-11-30-52(54)58-55(61)37-19-38-56(58)62-53-35-13-10-28-46(53)48-31-17-32-49(59(48)62)51-34-18-33-50-47-29-12-15-39-57(47)63-60(50)51/h1-40H. The molecular weight excluding hydrogens is 809 g/mol. The summed E-state index contributed by atoms with van der Waals surface area (Å²) in [5, 5.41) is 13.0. The molecule has 4 heteroatoms. The normalized spacial score (nSPS) is 12.1. The Morgan fingerprint density at radius 1 is 0.328 bits per heavy atom. The van der Waals surface area contributed by atoms with Gasteiger partial charge in [0.2, 0.25) is 0 Å². The lowest BCUT2D eigenvalue weighted by Gasteiger charge is -2.34. The Balaban J connectivity index is 1.10. The maximum Gasteiger partial charge on any atom is 0.179 e. The molecule has 0 fully saturated rings. The zero-order valence-corrected chi connectivity index (χ0v) is 36.7. The van der Waals surface area contributed by atoms with Crippen LogP contribution in [-0.4, -0.2) is 17.2 Å². The third kappa shape index (κ3) is 5.37. The van der Waals surface area contributed by atoms with Crippen LogP contribution in [0.1, 0.15) is 0 Å². The highest BCUT2D eigenvalue weighted by atomic mass is 32.1. The van der Waals surface area contributed by atoms with Gasteiger partial charge in [0.1, 0.15) is 0 Å². The Hall–Kier alpha value is -7.76. The highest BCUT2D eigenvalue weighted by molar-refractivity contribution is 7.26. The number of hydrogen-bond acceptors (Lipinski definition) is 1. The van der Waals surface area contributed by atoms with Gasteiger partial charge in [0.15, 0.2) is 8.07 Å². The highest BCUT2D eigenvalue weighted by Gasteiger charge is 2.41. The number of aromatic nitrogens is 2. The molecule has 3 aromatic heterocycles. The lowest BCUT2D eigenvalue weighted by atomic mass is 9.99. The summed E-state index contributed by atoms with van der Waals surface area (Å²) in [7, 11) is -2.78. The van der Waals surface area contributed by atoms with Crippen molar-refractivity contribution in [1.82, 2.24) is 9.13 Å². The monoisotopic (exact) mass is 848 g/mol. The van der Waals surface area contributed by atoms with E-state index in [2.05, 4.69) is 252 Å². The largest absolute Gasteiger partial charge is 0.309 e. The van der Waals surface area contributed by atoms with Crippen molar-refractivity contribution < 1.29 is 0 Å². The van der Waals surface area contributed by atoms with Crippen molar-refractivity contribution >= 4 is 104 Å². The van der Waals surface area contributed by atoms with Crippen LogP contribution in [0.5, 0.6) is 0 Å². The summed E-state index contributed by atoms with van der Waals surface area (Å²) in [4.78, 5) is 0. The van der Waals surface area contributed by atoms with Gasteiger partial charge >= 0.3 is 0 Å². The van der Waals surface area contributed by atoms with Gasteiger partial charge in [0, 0.05) is 58.5 Å². The first-order valence-corrected chi connectivity index (χ1v) is 24.8. The van der Waals surface area contributed by atoms with Crippen LogP contribution < -0.4 is 20.7 Å². The van der Waals surface area contributed by atoms with Gasteiger partial charge in [-0.15, -0.1) is 11.3 Å². The van der Waals surface area contributed by atoms with Crippen LogP contribution >= 0.6 is 11.3 Å². The van der Waals surface area contributed by atoms with Crippen molar-refractivity contribution in [2.45, 2.75) is 0 Å². The zero-order valence-electron chi connectivity index (χ0n) is 34.9. The predicted octanol–water partition coefficient (Wildman–Crippen LogP) is 13.3. The van der Waals surface area contributed by atoms with Crippen LogP contribution in [0.2, 0.25) is 0 Å². The maximum atomic E-state index is 2.56. The van der Waals surface area contributed by atoms with Gasteiger partial charge < -0.3 is 9.13 Å². The molecular formula is C60H40N2SSi. The van der Waals surface area contributed by atoms with E-state index >= 15 is 0 Å².